The SMILES string of the molecule is c1ccc2c(c1)ccc1oc3ccc(-c4c5ccccc5c(-c5cc6c7ccccc7c7ccccc7c6c6ccccc56)c5ccccc45)cc3c12. The predicted molar refractivity (Wildman–Crippen MR) is 227 cm³/mol. The zero-order valence-electron chi connectivity index (χ0n) is 28.7. The number of furan rings is 1. The Morgan fingerprint density at radius 1 is 0.264 bits per heavy atom. The molecule has 1 nitrogen and oxygen atoms in total. The predicted octanol–water partition coefficient (Wildman–Crippen LogP) is 15.0. The zero-order valence-corrected chi connectivity index (χ0v) is 28.7. The maximum atomic E-state index is 6.44. The highest BCUT2D eigenvalue weighted by molar-refractivity contribution is 6.35. The minimum atomic E-state index is 0.910. The summed E-state index contributed by atoms with van der Waals surface area (Å²) in [5, 5.41) is 20.0. The molecule has 12 rings (SSSR count). The van der Waals surface area contributed by atoms with Crippen LogP contribution in [-0.2, 0) is 0 Å². The Labute approximate surface area is 304 Å². The third kappa shape index (κ3) is 3.97. The van der Waals surface area contributed by atoms with Crippen LogP contribution in [0.4, 0.5) is 0 Å². The summed E-state index contributed by atoms with van der Waals surface area (Å²) in [6.45, 7) is 0. The maximum absolute atomic E-state index is 6.44. The molecule has 0 spiro atoms. The standard InChI is InChI=1S/C52H30O/c1-2-14-33-31(13-1)25-28-48-52(33)46-29-32(26-27-47(46)53-48)49-40-21-9-11-23-42(40)51(43-24-12-10-22-41(43)49)45-30-44-36-17-4-3-15-34(36)35-16-5-7-19-38(35)50(44)39-20-8-6-18-37(39)45/h1-30H. The van der Waals surface area contributed by atoms with Crippen LogP contribution in [0.3, 0.4) is 0 Å². The van der Waals surface area contributed by atoms with Gasteiger partial charge in [0.25, 0.3) is 0 Å². The molecule has 0 N–H and O–H groups in total. The van der Waals surface area contributed by atoms with Gasteiger partial charge in [-0.15, -0.1) is 0 Å². The highest BCUT2D eigenvalue weighted by atomic mass is 16.3. The average Bonchev–Trinajstić information content (AvgIpc) is 3.61. The van der Waals surface area contributed by atoms with Crippen molar-refractivity contribution in [2.24, 2.45) is 0 Å². The van der Waals surface area contributed by atoms with Gasteiger partial charge in [0.1, 0.15) is 11.2 Å². The molecule has 0 aliphatic heterocycles. The van der Waals surface area contributed by atoms with Gasteiger partial charge in [-0.05, 0) is 122 Å². The fourth-order valence-corrected chi connectivity index (χ4v) is 9.41. The lowest BCUT2D eigenvalue weighted by molar-refractivity contribution is 0.669. The van der Waals surface area contributed by atoms with Crippen molar-refractivity contribution in [2.75, 3.05) is 0 Å². The summed E-state index contributed by atoms with van der Waals surface area (Å²) in [5.41, 5.74) is 6.80. The van der Waals surface area contributed by atoms with E-state index in [4.69, 9.17) is 4.42 Å². The Bertz CT molecular complexity index is 3450. The third-order valence-corrected chi connectivity index (χ3v) is 11.6. The van der Waals surface area contributed by atoms with Crippen molar-refractivity contribution in [2.45, 2.75) is 0 Å². The lowest BCUT2D eigenvalue weighted by atomic mass is 9.82. The summed E-state index contributed by atoms with van der Waals surface area (Å²) in [5.74, 6) is 0. The van der Waals surface area contributed by atoms with Crippen LogP contribution in [0.2, 0.25) is 0 Å². The molecule has 0 saturated carbocycles. The van der Waals surface area contributed by atoms with Crippen LogP contribution >= 0.6 is 0 Å². The summed E-state index contributed by atoms with van der Waals surface area (Å²) in [4.78, 5) is 0. The second kappa shape index (κ2) is 10.8. The van der Waals surface area contributed by atoms with Gasteiger partial charge < -0.3 is 4.42 Å². The average molecular weight is 671 g/mol. The van der Waals surface area contributed by atoms with Gasteiger partial charge in [0.05, 0.1) is 0 Å². The molecule has 0 saturated heterocycles. The molecule has 0 atom stereocenters. The Hall–Kier alpha value is -6.96. The zero-order chi connectivity index (χ0) is 34.6. The third-order valence-electron chi connectivity index (χ3n) is 11.6. The van der Waals surface area contributed by atoms with E-state index in [1.807, 2.05) is 0 Å². The van der Waals surface area contributed by atoms with E-state index >= 15 is 0 Å². The molecule has 11 aromatic carbocycles. The molecule has 53 heavy (non-hydrogen) atoms. The first-order chi connectivity index (χ1) is 26.3. The summed E-state index contributed by atoms with van der Waals surface area (Å²) in [6, 6.07) is 66.9. The number of fused-ring (bicyclic) bond motifs is 15. The number of hydrogen-bond acceptors (Lipinski definition) is 1. The van der Waals surface area contributed by atoms with Crippen LogP contribution in [0.5, 0.6) is 0 Å². The number of rotatable bonds is 2. The molecular weight excluding hydrogens is 641 g/mol. The number of hydrogen-bond donors (Lipinski definition) is 0. The maximum Gasteiger partial charge on any atom is 0.136 e. The van der Waals surface area contributed by atoms with Crippen molar-refractivity contribution in [3.63, 3.8) is 0 Å². The molecule has 1 heterocycles. The van der Waals surface area contributed by atoms with E-state index in [0.29, 0.717) is 0 Å². The van der Waals surface area contributed by atoms with Crippen molar-refractivity contribution in [3.05, 3.63) is 182 Å². The van der Waals surface area contributed by atoms with Gasteiger partial charge in [-0.25, -0.2) is 0 Å². The van der Waals surface area contributed by atoms with Crippen LogP contribution in [0.15, 0.2) is 186 Å². The molecule has 0 aliphatic rings. The van der Waals surface area contributed by atoms with Gasteiger partial charge in [0.2, 0.25) is 0 Å². The summed E-state index contributed by atoms with van der Waals surface area (Å²) in [7, 11) is 0. The van der Waals surface area contributed by atoms with E-state index in [2.05, 4.69) is 182 Å². The van der Waals surface area contributed by atoms with Gasteiger partial charge in [0, 0.05) is 10.8 Å². The Morgan fingerprint density at radius 3 is 1.40 bits per heavy atom. The molecule has 244 valence electrons. The van der Waals surface area contributed by atoms with Gasteiger partial charge >= 0.3 is 0 Å². The molecular formula is C52H30O. The number of benzene rings is 11. The fourth-order valence-electron chi connectivity index (χ4n) is 9.41. The molecule has 0 bridgehead atoms. The van der Waals surface area contributed by atoms with E-state index < -0.39 is 0 Å². The van der Waals surface area contributed by atoms with Crippen molar-refractivity contribution >= 4 is 97.3 Å². The highest BCUT2D eigenvalue weighted by Crippen LogP contribution is 2.49. The Morgan fingerprint density at radius 2 is 0.736 bits per heavy atom. The highest BCUT2D eigenvalue weighted by Gasteiger charge is 2.21. The second-order valence-corrected chi connectivity index (χ2v) is 14.3. The summed E-state index contributed by atoms with van der Waals surface area (Å²) < 4.78 is 6.44. The van der Waals surface area contributed by atoms with E-state index in [0.717, 1.165) is 16.6 Å². The van der Waals surface area contributed by atoms with Gasteiger partial charge in [-0.2, -0.15) is 0 Å². The second-order valence-electron chi connectivity index (χ2n) is 14.3. The van der Waals surface area contributed by atoms with Crippen LogP contribution in [-0.4, -0.2) is 0 Å². The van der Waals surface area contributed by atoms with Gasteiger partial charge in [0.15, 0.2) is 0 Å². The van der Waals surface area contributed by atoms with E-state index in [1.54, 1.807) is 0 Å². The van der Waals surface area contributed by atoms with Crippen LogP contribution < -0.4 is 0 Å². The first-order valence-electron chi connectivity index (χ1n) is 18.3. The fraction of sp³-hybridized carbons (Fsp3) is 0. The lowest BCUT2D eigenvalue weighted by Gasteiger charge is -2.20. The molecule has 1 aromatic heterocycles. The molecule has 0 radical (unpaired) electrons. The monoisotopic (exact) mass is 670 g/mol. The van der Waals surface area contributed by atoms with Crippen molar-refractivity contribution in [3.8, 4) is 22.3 Å². The first kappa shape index (κ1) is 28.7. The van der Waals surface area contributed by atoms with E-state index in [9.17, 15) is 0 Å². The smallest absolute Gasteiger partial charge is 0.136 e. The minimum Gasteiger partial charge on any atom is -0.456 e. The largest absolute Gasteiger partial charge is 0.456 e. The quantitative estimate of drug-likeness (QED) is 0.132. The molecule has 12 aromatic rings. The minimum absolute atomic E-state index is 0.910. The molecule has 1 heteroatoms. The first-order valence-corrected chi connectivity index (χ1v) is 18.3. The topological polar surface area (TPSA) is 13.1 Å². The van der Waals surface area contributed by atoms with E-state index in [-0.39, 0.29) is 0 Å². The molecule has 0 aliphatic carbocycles. The molecule has 0 amide bonds. The van der Waals surface area contributed by atoms with Crippen LogP contribution in [0, 0.1) is 0 Å². The van der Waals surface area contributed by atoms with E-state index in [1.165, 1.54) is 103 Å². The summed E-state index contributed by atoms with van der Waals surface area (Å²) >= 11 is 0. The normalized spacial score (nSPS) is 12.2. The van der Waals surface area contributed by atoms with Crippen LogP contribution in [0.1, 0.15) is 0 Å². The van der Waals surface area contributed by atoms with Crippen molar-refractivity contribution in [1.82, 2.24) is 0 Å². The molecule has 0 fully saturated rings. The Kier molecular flexibility index (Phi) is 5.84. The molecule has 0 unspecified atom stereocenters. The van der Waals surface area contributed by atoms with Gasteiger partial charge in [-0.1, -0.05) is 158 Å². The van der Waals surface area contributed by atoms with Crippen molar-refractivity contribution in [1.29, 1.82) is 0 Å². The van der Waals surface area contributed by atoms with Gasteiger partial charge in [-0.3, -0.25) is 0 Å². The van der Waals surface area contributed by atoms with Crippen LogP contribution in [0.25, 0.3) is 120 Å². The Balaban J connectivity index is 1.22. The lowest BCUT2D eigenvalue weighted by Crippen LogP contribution is -1.93. The van der Waals surface area contributed by atoms with Crippen molar-refractivity contribution < 1.29 is 4.42 Å². The summed E-state index contributed by atoms with van der Waals surface area (Å²) in [6.07, 6.45) is 0.